The minimum Gasteiger partial charge on any atom is -0.480 e. The van der Waals surface area contributed by atoms with E-state index in [1.54, 1.807) is 0 Å². The third kappa shape index (κ3) is 2.37. The van der Waals surface area contributed by atoms with Gasteiger partial charge < -0.3 is 9.84 Å². The topological polar surface area (TPSA) is 83.9 Å². The molecule has 1 amide bonds. The van der Waals surface area contributed by atoms with Crippen LogP contribution in [0.1, 0.15) is 29.9 Å². The Labute approximate surface area is 161 Å². The van der Waals surface area contributed by atoms with Crippen LogP contribution in [0.4, 0.5) is 4.79 Å². The molecule has 1 saturated carbocycles. The van der Waals surface area contributed by atoms with Gasteiger partial charge in [-0.15, -0.1) is 0 Å². The van der Waals surface area contributed by atoms with Gasteiger partial charge in [0.2, 0.25) is 0 Å². The first kappa shape index (κ1) is 17.0. The second-order valence-electron chi connectivity index (χ2n) is 7.68. The summed E-state index contributed by atoms with van der Waals surface area (Å²) in [5.74, 6) is -1.56. The molecule has 5 rings (SSSR count). The lowest BCUT2D eigenvalue weighted by Gasteiger charge is -2.31. The summed E-state index contributed by atoms with van der Waals surface area (Å²) in [5, 5.41) is 9.52. The maximum atomic E-state index is 12.8. The average molecular weight is 377 g/mol. The second kappa shape index (κ2) is 6.19. The number of rotatable bonds is 3. The van der Waals surface area contributed by atoms with Gasteiger partial charge >= 0.3 is 12.1 Å². The molecule has 142 valence electrons. The molecule has 6 heteroatoms. The van der Waals surface area contributed by atoms with Crippen LogP contribution in [0.5, 0.6) is 0 Å². The third-order valence-electron chi connectivity index (χ3n) is 6.24. The number of ketones is 1. The summed E-state index contributed by atoms with van der Waals surface area (Å²) < 4.78 is 5.58. The fraction of sp³-hybridized carbons (Fsp3) is 0.318. The Bertz CT molecular complexity index is 954. The molecule has 2 bridgehead atoms. The van der Waals surface area contributed by atoms with Gasteiger partial charge in [0.15, 0.2) is 5.78 Å². The fourth-order valence-corrected chi connectivity index (χ4v) is 5.06. The van der Waals surface area contributed by atoms with Crippen LogP contribution in [-0.2, 0) is 14.3 Å². The number of Topliss-reactive ketones (excluding diaryl/α,β-unsaturated/α-hetero) is 1. The number of aliphatic carboxylic acids is 1. The zero-order chi connectivity index (χ0) is 19.4. The first-order chi connectivity index (χ1) is 13.6. The van der Waals surface area contributed by atoms with Gasteiger partial charge in [-0.2, -0.15) is 0 Å². The van der Waals surface area contributed by atoms with Crippen molar-refractivity contribution < 1.29 is 24.2 Å². The minimum atomic E-state index is -1.08. The molecule has 0 spiro atoms. The highest BCUT2D eigenvalue weighted by Gasteiger charge is 2.56. The van der Waals surface area contributed by atoms with Crippen molar-refractivity contribution in [3.8, 4) is 11.1 Å². The van der Waals surface area contributed by atoms with E-state index < -0.39 is 24.1 Å². The van der Waals surface area contributed by atoms with Crippen LogP contribution < -0.4 is 0 Å². The number of benzene rings is 2. The van der Waals surface area contributed by atoms with Gasteiger partial charge in [0.25, 0.3) is 0 Å². The number of fused-ring (bicyclic) bond motifs is 5. The van der Waals surface area contributed by atoms with Gasteiger partial charge in [0, 0.05) is 12.3 Å². The number of amides is 1. The van der Waals surface area contributed by atoms with Gasteiger partial charge in [-0.25, -0.2) is 9.59 Å². The number of hydrogen-bond acceptors (Lipinski definition) is 4. The van der Waals surface area contributed by atoms with Crippen LogP contribution in [0.3, 0.4) is 0 Å². The zero-order valence-electron chi connectivity index (χ0n) is 15.1. The van der Waals surface area contributed by atoms with Crippen molar-refractivity contribution in [1.29, 1.82) is 0 Å². The molecule has 1 saturated heterocycles. The van der Waals surface area contributed by atoms with Gasteiger partial charge in [-0.05, 0) is 34.6 Å². The average Bonchev–Trinajstić information content (AvgIpc) is 3.35. The van der Waals surface area contributed by atoms with E-state index in [1.165, 1.54) is 0 Å². The molecule has 0 radical (unpaired) electrons. The number of piperidine rings is 1. The number of hydrogen-bond donors (Lipinski definition) is 1. The molecule has 2 aromatic carbocycles. The van der Waals surface area contributed by atoms with E-state index in [0.717, 1.165) is 27.2 Å². The highest BCUT2D eigenvalue weighted by Crippen LogP contribution is 2.45. The fourth-order valence-electron chi connectivity index (χ4n) is 5.06. The van der Waals surface area contributed by atoms with E-state index in [2.05, 4.69) is 12.1 Å². The second-order valence-corrected chi connectivity index (χ2v) is 7.68. The Hall–Kier alpha value is -3.15. The number of nitrogens with zero attached hydrogens (tertiary/aromatic N) is 1. The minimum absolute atomic E-state index is 0.0731. The highest BCUT2D eigenvalue weighted by molar-refractivity contribution is 5.95. The van der Waals surface area contributed by atoms with Crippen molar-refractivity contribution in [2.24, 2.45) is 5.92 Å². The van der Waals surface area contributed by atoms with Gasteiger partial charge in [0.05, 0.1) is 6.04 Å². The monoisotopic (exact) mass is 377 g/mol. The molecular formula is C22H19NO5. The van der Waals surface area contributed by atoms with Gasteiger partial charge in [-0.1, -0.05) is 48.5 Å². The standard InChI is InChI=1S/C22H19NO5/c24-19-10-12-9-18(19)23(20(12)21(25)26)22(27)28-11-17-15-7-3-1-5-13(15)14-6-2-4-8-16(14)17/h1-8,12,17-18,20H,9-11H2,(H,25,26)/t12-,18+,20+/m1/s1. The normalized spacial score (nSPS) is 24.9. The molecule has 3 atom stereocenters. The first-order valence-electron chi connectivity index (χ1n) is 9.45. The van der Waals surface area contributed by atoms with E-state index in [-0.39, 0.29) is 30.6 Å². The van der Waals surface area contributed by atoms with Crippen molar-refractivity contribution in [1.82, 2.24) is 4.90 Å². The molecule has 2 aromatic rings. The number of likely N-dealkylation sites (tertiary alicyclic amines) is 1. The number of carbonyl (C=O) groups is 3. The number of ether oxygens (including phenoxy) is 1. The van der Waals surface area contributed by atoms with E-state index in [4.69, 9.17) is 4.74 Å². The van der Waals surface area contributed by atoms with Gasteiger partial charge in [-0.3, -0.25) is 9.69 Å². The first-order valence-corrected chi connectivity index (χ1v) is 9.45. The van der Waals surface area contributed by atoms with Crippen LogP contribution in [-0.4, -0.2) is 46.5 Å². The van der Waals surface area contributed by atoms with Crippen molar-refractivity contribution in [3.63, 3.8) is 0 Å². The molecule has 3 aliphatic rings. The number of carbonyl (C=O) groups excluding carboxylic acids is 2. The molecule has 0 aromatic heterocycles. The van der Waals surface area contributed by atoms with Crippen molar-refractivity contribution in [2.75, 3.05) is 6.61 Å². The lowest BCUT2D eigenvalue weighted by molar-refractivity contribution is -0.145. The zero-order valence-corrected chi connectivity index (χ0v) is 15.1. The Kier molecular flexibility index (Phi) is 3.75. The molecule has 0 unspecified atom stereocenters. The summed E-state index contributed by atoms with van der Waals surface area (Å²) in [6, 6.07) is 14.4. The van der Waals surface area contributed by atoms with Crippen molar-refractivity contribution in [2.45, 2.75) is 30.8 Å². The summed E-state index contributed by atoms with van der Waals surface area (Å²) in [6.07, 6.45) is -0.0655. The Balaban J connectivity index is 1.39. The molecule has 1 aliphatic heterocycles. The Morgan fingerprint density at radius 1 is 1.04 bits per heavy atom. The van der Waals surface area contributed by atoms with E-state index in [0.29, 0.717) is 6.42 Å². The molecule has 2 fully saturated rings. The predicted molar refractivity (Wildman–Crippen MR) is 99.9 cm³/mol. The summed E-state index contributed by atoms with van der Waals surface area (Å²) in [4.78, 5) is 37.6. The molecule has 1 N–H and O–H groups in total. The van der Waals surface area contributed by atoms with Crippen molar-refractivity contribution >= 4 is 17.8 Å². The van der Waals surface area contributed by atoms with Crippen LogP contribution in [0.2, 0.25) is 0 Å². The predicted octanol–water partition coefficient (Wildman–Crippen LogP) is 3.05. The molecule has 1 heterocycles. The van der Waals surface area contributed by atoms with E-state index in [9.17, 15) is 19.5 Å². The lowest BCUT2D eigenvalue weighted by Crippen LogP contribution is -2.52. The highest BCUT2D eigenvalue weighted by atomic mass is 16.6. The molecule has 2 aliphatic carbocycles. The Morgan fingerprint density at radius 3 is 2.25 bits per heavy atom. The smallest absolute Gasteiger partial charge is 0.411 e. The van der Waals surface area contributed by atoms with E-state index >= 15 is 0 Å². The summed E-state index contributed by atoms with van der Waals surface area (Å²) in [5.41, 5.74) is 4.42. The summed E-state index contributed by atoms with van der Waals surface area (Å²) in [7, 11) is 0. The van der Waals surface area contributed by atoms with Crippen LogP contribution >= 0.6 is 0 Å². The molecule has 6 nitrogen and oxygen atoms in total. The number of carboxylic acid groups (broad SMARTS) is 1. The van der Waals surface area contributed by atoms with E-state index in [1.807, 2.05) is 36.4 Å². The molecular weight excluding hydrogens is 358 g/mol. The van der Waals surface area contributed by atoms with Crippen LogP contribution in [0, 0.1) is 5.92 Å². The quantitative estimate of drug-likeness (QED) is 0.889. The summed E-state index contributed by atoms with van der Waals surface area (Å²) >= 11 is 0. The maximum Gasteiger partial charge on any atom is 0.411 e. The van der Waals surface area contributed by atoms with Crippen LogP contribution in [0.25, 0.3) is 11.1 Å². The SMILES string of the molecule is O=C(O)[C@@H]1[C@H]2CC(=O)[C@H](C2)N1C(=O)OCC1c2ccccc2-c2ccccc21. The Morgan fingerprint density at radius 2 is 1.64 bits per heavy atom. The maximum absolute atomic E-state index is 12.8. The molecule has 28 heavy (non-hydrogen) atoms. The van der Waals surface area contributed by atoms with Gasteiger partial charge in [0.1, 0.15) is 12.6 Å². The van der Waals surface area contributed by atoms with Crippen LogP contribution in [0.15, 0.2) is 48.5 Å². The summed E-state index contributed by atoms with van der Waals surface area (Å²) in [6.45, 7) is 0.112. The lowest BCUT2D eigenvalue weighted by atomic mass is 9.98. The van der Waals surface area contributed by atoms with Crippen molar-refractivity contribution in [3.05, 3.63) is 59.7 Å². The third-order valence-corrected chi connectivity index (χ3v) is 6.24. The number of carboxylic acids is 1. The largest absolute Gasteiger partial charge is 0.480 e.